The molecule has 7 heteroatoms. The van der Waals surface area contributed by atoms with Crippen molar-refractivity contribution in [2.24, 2.45) is 0 Å². The van der Waals surface area contributed by atoms with E-state index in [4.69, 9.17) is 14.7 Å². The average Bonchev–Trinajstić information content (AvgIpc) is 2.88. The predicted molar refractivity (Wildman–Crippen MR) is 83.6 cm³/mol. The van der Waals surface area contributed by atoms with E-state index in [0.717, 1.165) is 0 Å². The van der Waals surface area contributed by atoms with Gasteiger partial charge in [-0.1, -0.05) is 12.1 Å². The highest BCUT2D eigenvalue weighted by atomic mass is 16.6. The third kappa shape index (κ3) is 2.94. The number of hydrogen-bond acceptors (Lipinski definition) is 6. The smallest absolute Gasteiger partial charge is 0.270 e. The summed E-state index contributed by atoms with van der Waals surface area (Å²) >= 11 is 0. The van der Waals surface area contributed by atoms with Crippen LogP contribution in [0.25, 0.3) is 6.08 Å². The van der Waals surface area contributed by atoms with Gasteiger partial charge in [0.15, 0.2) is 12.4 Å². The molecule has 2 aromatic carbocycles. The van der Waals surface area contributed by atoms with Crippen LogP contribution in [0.1, 0.15) is 15.9 Å². The normalized spacial score (nSPS) is 14.0. The Labute approximate surface area is 136 Å². The predicted octanol–water partition coefficient (Wildman–Crippen LogP) is 3.11. The topological polar surface area (TPSA) is 102 Å². The van der Waals surface area contributed by atoms with Gasteiger partial charge in [-0.2, -0.15) is 5.26 Å². The Kier molecular flexibility index (Phi) is 3.95. The molecule has 2 aromatic rings. The molecule has 0 fully saturated rings. The molecule has 0 bridgehead atoms. The molecule has 1 heterocycles. The van der Waals surface area contributed by atoms with Crippen LogP contribution in [0.2, 0.25) is 0 Å². The Morgan fingerprint density at radius 1 is 1.29 bits per heavy atom. The van der Waals surface area contributed by atoms with E-state index in [-0.39, 0.29) is 23.8 Å². The second-order valence-corrected chi connectivity index (χ2v) is 4.90. The molecule has 0 unspecified atom stereocenters. The number of nitro benzene ring substituents is 1. The van der Waals surface area contributed by atoms with Gasteiger partial charge in [0.05, 0.1) is 10.5 Å². The summed E-state index contributed by atoms with van der Waals surface area (Å²) in [6.07, 6.45) is 1.45. The standard InChI is InChI=1S/C17H10N2O5/c18-6-7-23-13-4-5-14-15(10-13)24-16(17(14)20)9-11-2-1-3-12(8-11)19(21)22/h1-5,8-10H,7H2. The van der Waals surface area contributed by atoms with Crippen LogP contribution in [0.3, 0.4) is 0 Å². The molecule has 0 saturated heterocycles. The number of ketones is 1. The van der Waals surface area contributed by atoms with E-state index in [2.05, 4.69) is 0 Å². The summed E-state index contributed by atoms with van der Waals surface area (Å²) in [4.78, 5) is 22.6. The lowest BCUT2D eigenvalue weighted by molar-refractivity contribution is -0.384. The summed E-state index contributed by atoms with van der Waals surface area (Å²) in [5.41, 5.74) is 0.789. The number of carbonyl (C=O) groups is 1. The van der Waals surface area contributed by atoms with Gasteiger partial charge in [-0.15, -0.1) is 0 Å². The molecule has 0 amide bonds. The van der Waals surface area contributed by atoms with E-state index in [1.807, 2.05) is 6.07 Å². The van der Waals surface area contributed by atoms with Crippen molar-refractivity contribution in [2.45, 2.75) is 0 Å². The number of hydrogen-bond donors (Lipinski definition) is 0. The summed E-state index contributed by atoms with van der Waals surface area (Å²) in [6, 6.07) is 12.4. The molecular weight excluding hydrogens is 312 g/mol. The van der Waals surface area contributed by atoms with Crippen molar-refractivity contribution in [3.8, 4) is 17.6 Å². The number of rotatable bonds is 4. The molecule has 0 saturated carbocycles. The molecule has 0 aromatic heterocycles. The molecular formula is C17H10N2O5. The number of carbonyl (C=O) groups excluding carboxylic acids is 1. The van der Waals surface area contributed by atoms with Crippen molar-refractivity contribution in [1.29, 1.82) is 5.26 Å². The lowest BCUT2D eigenvalue weighted by atomic mass is 10.1. The largest absolute Gasteiger partial charge is 0.479 e. The fourth-order valence-corrected chi connectivity index (χ4v) is 2.25. The first-order chi connectivity index (χ1) is 11.6. The van der Waals surface area contributed by atoms with E-state index < -0.39 is 4.92 Å². The Balaban J connectivity index is 1.89. The van der Waals surface area contributed by atoms with Gasteiger partial charge in [-0.25, -0.2) is 0 Å². The van der Waals surface area contributed by atoms with E-state index in [1.54, 1.807) is 18.2 Å². The first-order valence-corrected chi connectivity index (χ1v) is 6.91. The maximum absolute atomic E-state index is 12.3. The Morgan fingerprint density at radius 2 is 2.12 bits per heavy atom. The van der Waals surface area contributed by atoms with Gasteiger partial charge in [-0.3, -0.25) is 14.9 Å². The minimum absolute atomic E-state index is 0.0699. The quantitative estimate of drug-likeness (QED) is 0.487. The van der Waals surface area contributed by atoms with E-state index in [0.29, 0.717) is 22.6 Å². The first-order valence-electron chi connectivity index (χ1n) is 6.91. The van der Waals surface area contributed by atoms with Crippen molar-refractivity contribution < 1.29 is 19.2 Å². The van der Waals surface area contributed by atoms with E-state index in [1.165, 1.54) is 30.3 Å². The lowest BCUT2D eigenvalue weighted by Gasteiger charge is -2.03. The first kappa shape index (κ1) is 15.2. The SMILES string of the molecule is N#CCOc1ccc2c(c1)OC(=Cc1cccc([N+](=O)[O-])c1)C2=O. The van der Waals surface area contributed by atoms with Crippen LogP contribution in [-0.2, 0) is 0 Å². The number of nitro groups is 1. The van der Waals surface area contributed by atoms with Crippen molar-refractivity contribution in [1.82, 2.24) is 0 Å². The molecule has 0 N–H and O–H groups in total. The zero-order valence-corrected chi connectivity index (χ0v) is 12.3. The molecule has 0 spiro atoms. The Hall–Kier alpha value is -3.66. The van der Waals surface area contributed by atoms with Gasteiger partial charge >= 0.3 is 0 Å². The second kappa shape index (κ2) is 6.22. The summed E-state index contributed by atoms with van der Waals surface area (Å²) in [6.45, 7) is -0.108. The van der Waals surface area contributed by atoms with Crippen LogP contribution in [-0.4, -0.2) is 17.3 Å². The van der Waals surface area contributed by atoms with Gasteiger partial charge in [0.2, 0.25) is 5.78 Å². The fourth-order valence-electron chi connectivity index (χ4n) is 2.25. The van der Waals surface area contributed by atoms with Crippen molar-refractivity contribution in [3.63, 3.8) is 0 Å². The molecule has 118 valence electrons. The molecule has 1 aliphatic rings. The zero-order chi connectivity index (χ0) is 17.1. The monoisotopic (exact) mass is 322 g/mol. The number of nitriles is 1. The maximum Gasteiger partial charge on any atom is 0.270 e. The zero-order valence-electron chi connectivity index (χ0n) is 12.3. The Morgan fingerprint density at radius 3 is 2.88 bits per heavy atom. The van der Waals surface area contributed by atoms with E-state index in [9.17, 15) is 14.9 Å². The number of fused-ring (bicyclic) bond motifs is 1. The number of benzene rings is 2. The average molecular weight is 322 g/mol. The van der Waals surface area contributed by atoms with Gasteiger partial charge in [0.25, 0.3) is 5.69 Å². The molecule has 0 radical (unpaired) electrons. The second-order valence-electron chi connectivity index (χ2n) is 4.90. The minimum atomic E-state index is -0.507. The van der Waals surface area contributed by atoms with Crippen molar-refractivity contribution in [2.75, 3.05) is 6.61 Å². The van der Waals surface area contributed by atoms with Crippen molar-refractivity contribution in [3.05, 3.63) is 69.5 Å². The van der Waals surface area contributed by atoms with Crippen molar-refractivity contribution >= 4 is 17.5 Å². The van der Waals surface area contributed by atoms with Gasteiger partial charge < -0.3 is 9.47 Å². The minimum Gasteiger partial charge on any atom is -0.479 e. The van der Waals surface area contributed by atoms with Crippen LogP contribution < -0.4 is 9.47 Å². The highest BCUT2D eigenvalue weighted by Crippen LogP contribution is 2.35. The molecule has 7 nitrogen and oxygen atoms in total. The maximum atomic E-state index is 12.3. The number of nitrogens with zero attached hydrogens (tertiary/aromatic N) is 2. The highest BCUT2D eigenvalue weighted by molar-refractivity contribution is 6.14. The van der Waals surface area contributed by atoms with Crippen LogP contribution in [0.5, 0.6) is 11.5 Å². The van der Waals surface area contributed by atoms with Crippen LogP contribution in [0.15, 0.2) is 48.2 Å². The molecule has 1 aliphatic heterocycles. The molecule has 24 heavy (non-hydrogen) atoms. The third-order valence-corrected chi connectivity index (χ3v) is 3.32. The summed E-state index contributed by atoms with van der Waals surface area (Å²) in [7, 11) is 0. The van der Waals surface area contributed by atoms with Gasteiger partial charge in [0, 0.05) is 18.2 Å². The number of Topliss-reactive ketones (excluding diaryl/α,β-unsaturated/α-hetero) is 1. The van der Waals surface area contributed by atoms with Crippen LogP contribution >= 0.6 is 0 Å². The Bertz CT molecular complexity index is 911. The third-order valence-electron chi connectivity index (χ3n) is 3.32. The van der Waals surface area contributed by atoms with Crippen LogP contribution in [0.4, 0.5) is 5.69 Å². The lowest BCUT2D eigenvalue weighted by Crippen LogP contribution is -1.98. The molecule has 3 rings (SSSR count). The molecule has 0 aliphatic carbocycles. The summed E-state index contributed by atoms with van der Waals surface area (Å²) in [5.74, 6) is 0.498. The number of non-ortho nitro benzene ring substituents is 1. The van der Waals surface area contributed by atoms with E-state index >= 15 is 0 Å². The van der Waals surface area contributed by atoms with Crippen LogP contribution in [0, 0.1) is 21.4 Å². The summed E-state index contributed by atoms with van der Waals surface area (Å²) < 4.78 is 10.7. The highest BCUT2D eigenvalue weighted by Gasteiger charge is 2.27. The summed E-state index contributed by atoms with van der Waals surface area (Å²) in [5, 5.41) is 19.3. The fraction of sp³-hybridized carbons (Fsp3) is 0.0588. The molecule has 0 atom stereocenters. The van der Waals surface area contributed by atoms with Gasteiger partial charge in [-0.05, 0) is 23.8 Å². The van der Waals surface area contributed by atoms with Gasteiger partial charge in [0.1, 0.15) is 17.6 Å². The number of allylic oxidation sites excluding steroid dienone is 1. The number of ether oxygens (including phenoxy) is 2.